The second-order valence-corrected chi connectivity index (χ2v) is 9.11. The molecule has 1 aliphatic rings. The minimum absolute atomic E-state index is 0.245. The molecule has 5 rings (SSSR count). The molecule has 0 saturated carbocycles. The van der Waals surface area contributed by atoms with Crippen molar-refractivity contribution in [1.29, 1.82) is 0 Å². The lowest BCUT2D eigenvalue weighted by molar-refractivity contribution is -0.126. The Kier molecular flexibility index (Phi) is 6.42. The van der Waals surface area contributed by atoms with Crippen molar-refractivity contribution in [2.45, 2.75) is 46.1 Å². The molecule has 0 spiro atoms. The van der Waals surface area contributed by atoms with E-state index in [4.69, 9.17) is 4.74 Å². The summed E-state index contributed by atoms with van der Waals surface area (Å²) in [6.45, 7) is 5.78. The van der Waals surface area contributed by atoms with E-state index < -0.39 is 12.1 Å². The van der Waals surface area contributed by atoms with E-state index in [1.807, 2.05) is 69.3 Å². The summed E-state index contributed by atoms with van der Waals surface area (Å²) in [5, 5.41) is 0. The number of fused-ring (bicyclic) bond motifs is 2. The van der Waals surface area contributed by atoms with Crippen LogP contribution < -0.4 is 4.90 Å². The molecule has 0 bridgehead atoms. The highest BCUT2D eigenvalue weighted by Gasteiger charge is 2.32. The number of benzene rings is 3. The highest BCUT2D eigenvalue weighted by atomic mass is 16.5. The van der Waals surface area contributed by atoms with Crippen LogP contribution in [0.5, 0.6) is 0 Å². The number of imidazole rings is 1. The zero-order chi connectivity index (χ0) is 25.2. The highest BCUT2D eigenvalue weighted by molar-refractivity contribution is 6.06. The topological polar surface area (TPSA) is 75.3 Å². The second-order valence-electron chi connectivity index (χ2n) is 9.11. The van der Waals surface area contributed by atoms with Crippen molar-refractivity contribution in [1.82, 2.24) is 9.97 Å². The summed E-state index contributed by atoms with van der Waals surface area (Å²) in [5.74, 6) is -0.0132. The van der Waals surface area contributed by atoms with E-state index in [0.717, 1.165) is 58.1 Å². The van der Waals surface area contributed by atoms with Crippen LogP contribution in [0, 0.1) is 13.8 Å². The lowest BCUT2D eigenvalue weighted by Crippen LogP contribution is -2.39. The van der Waals surface area contributed by atoms with Crippen LogP contribution in [0.2, 0.25) is 0 Å². The van der Waals surface area contributed by atoms with E-state index in [-0.39, 0.29) is 5.91 Å². The van der Waals surface area contributed by atoms with Crippen LogP contribution in [0.25, 0.3) is 11.4 Å². The number of rotatable bonds is 5. The number of esters is 1. The van der Waals surface area contributed by atoms with E-state index in [0.29, 0.717) is 12.0 Å². The fraction of sp³-hybridized carbons (Fsp3) is 0.233. The number of nitrogens with one attached hydrogen (secondary N) is 1. The molecule has 6 nitrogen and oxygen atoms in total. The van der Waals surface area contributed by atoms with Gasteiger partial charge in [-0.25, -0.2) is 9.78 Å². The first-order valence-corrected chi connectivity index (χ1v) is 12.3. The molecule has 4 aromatic rings. The largest absolute Gasteiger partial charge is 0.449 e. The van der Waals surface area contributed by atoms with Crippen LogP contribution >= 0.6 is 0 Å². The molecule has 1 atom stereocenters. The maximum atomic E-state index is 13.9. The van der Waals surface area contributed by atoms with Gasteiger partial charge in [0.2, 0.25) is 0 Å². The van der Waals surface area contributed by atoms with Gasteiger partial charge in [-0.05, 0) is 68.5 Å². The van der Waals surface area contributed by atoms with Crippen LogP contribution in [-0.2, 0) is 22.4 Å². The lowest BCUT2D eigenvalue weighted by atomic mass is 10.0. The van der Waals surface area contributed by atoms with Crippen molar-refractivity contribution >= 4 is 23.3 Å². The Bertz CT molecular complexity index is 1350. The number of anilines is 2. The molecule has 1 amide bonds. The molecule has 1 aromatic heterocycles. The predicted octanol–water partition coefficient (Wildman–Crippen LogP) is 6.09. The smallest absolute Gasteiger partial charge is 0.338 e. The third-order valence-electron chi connectivity index (χ3n) is 6.77. The van der Waals surface area contributed by atoms with E-state index >= 15 is 0 Å². The minimum Gasteiger partial charge on any atom is -0.449 e. The lowest BCUT2D eigenvalue weighted by Gasteiger charge is -2.28. The number of H-pyrrole nitrogens is 1. The van der Waals surface area contributed by atoms with Crippen LogP contribution in [-0.4, -0.2) is 27.9 Å². The van der Waals surface area contributed by atoms with Gasteiger partial charge in [0.05, 0.1) is 22.6 Å². The maximum absolute atomic E-state index is 13.9. The van der Waals surface area contributed by atoms with Crippen LogP contribution in [0.15, 0.2) is 72.8 Å². The quantitative estimate of drug-likeness (QED) is 0.351. The van der Waals surface area contributed by atoms with Gasteiger partial charge < -0.3 is 9.72 Å². The van der Waals surface area contributed by atoms with Crippen molar-refractivity contribution in [3.05, 3.63) is 101 Å². The first-order chi connectivity index (χ1) is 17.5. The van der Waals surface area contributed by atoms with Gasteiger partial charge in [-0.1, -0.05) is 55.5 Å². The molecule has 0 aliphatic carbocycles. The molecule has 3 aromatic carbocycles. The van der Waals surface area contributed by atoms with Gasteiger partial charge in [-0.2, -0.15) is 0 Å². The molecular weight excluding hydrogens is 450 g/mol. The first kappa shape index (κ1) is 23.5. The summed E-state index contributed by atoms with van der Waals surface area (Å²) in [6, 6.07) is 23.0. The van der Waals surface area contributed by atoms with Gasteiger partial charge >= 0.3 is 5.97 Å². The van der Waals surface area contributed by atoms with Gasteiger partial charge in [0.15, 0.2) is 6.10 Å². The molecule has 6 heteroatoms. The van der Waals surface area contributed by atoms with E-state index in [1.54, 1.807) is 17.0 Å². The number of carbonyl (C=O) groups excluding carboxylic acids is 2. The SMILES string of the molecule is CCC(OC(=O)c1ccc(-c2nc(C)c(C)[nH]2)cc1)C(=O)N1c2ccccc2CCc2ccccc21. The van der Waals surface area contributed by atoms with E-state index in [9.17, 15) is 9.59 Å². The summed E-state index contributed by atoms with van der Waals surface area (Å²) in [5.41, 5.74) is 7.10. The summed E-state index contributed by atoms with van der Waals surface area (Å²) in [4.78, 5) is 36.4. The molecule has 1 N–H and O–H groups in total. The Morgan fingerprint density at radius 3 is 2.03 bits per heavy atom. The van der Waals surface area contributed by atoms with Crippen LogP contribution in [0.3, 0.4) is 0 Å². The fourth-order valence-corrected chi connectivity index (χ4v) is 4.62. The molecular formula is C30H29N3O3. The number of aromatic amines is 1. The standard InChI is InChI=1S/C30H29N3O3/c1-4-27(36-30(35)24-17-15-23(16-18-24)28-31-19(2)20(3)32-28)29(34)33-25-11-7-5-9-21(25)13-14-22-10-6-8-12-26(22)33/h5-12,15-18,27H,4,13-14H2,1-3H3,(H,31,32). The fourth-order valence-electron chi connectivity index (χ4n) is 4.62. The zero-order valence-corrected chi connectivity index (χ0v) is 20.7. The maximum Gasteiger partial charge on any atom is 0.338 e. The Morgan fingerprint density at radius 1 is 0.917 bits per heavy atom. The number of hydrogen-bond donors (Lipinski definition) is 1. The molecule has 1 aliphatic heterocycles. The van der Waals surface area contributed by atoms with Crippen LogP contribution in [0.1, 0.15) is 46.2 Å². The Labute approximate surface area is 211 Å². The van der Waals surface area contributed by atoms with Crippen molar-refractivity contribution in [3.63, 3.8) is 0 Å². The molecule has 0 radical (unpaired) electrons. The van der Waals surface area contributed by atoms with E-state index in [1.165, 1.54) is 0 Å². The number of hydrogen-bond acceptors (Lipinski definition) is 4. The van der Waals surface area contributed by atoms with Gasteiger partial charge in [0, 0.05) is 11.3 Å². The summed E-state index contributed by atoms with van der Waals surface area (Å²) < 4.78 is 5.79. The first-order valence-electron chi connectivity index (χ1n) is 12.3. The third kappa shape index (κ3) is 4.42. The average Bonchev–Trinajstić information content (AvgIpc) is 3.15. The summed E-state index contributed by atoms with van der Waals surface area (Å²) in [7, 11) is 0. The van der Waals surface area contributed by atoms with Gasteiger partial charge in [-0.15, -0.1) is 0 Å². The van der Waals surface area contributed by atoms with Crippen molar-refractivity contribution in [2.75, 3.05) is 4.90 Å². The molecule has 36 heavy (non-hydrogen) atoms. The van der Waals surface area contributed by atoms with Gasteiger partial charge in [0.1, 0.15) is 5.82 Å². The molecule has 1 unspecified atom stereocenters. The van der Waals surface area contributed by atoms with E-state index in [2.05, 4.69) is 22.1 Å². The zero-order valence-electron chi connectivity index (χ0n) is 20.7. The average molecular weight is 480 g/mol. The van der Waals surface area contributed by atoms with Gasteiger partial charge in [-0.3, -0.25) is 9.69 Å². The molecule has 182 valence electrons. The summed E-state index contributed by atoms with van der Waals surface area (Å²) in [6.07, 6.45) is 1.14. The minimum atomic E-state index is -0.910. The number of para-hydroxylation sites is 2. The number of aryl methyl sites for hydroxylation is 4. The summed E-state index contributed by atoms with van der Waals surface area (Å²) >= 11 is 0. The third-order valence-corrected chi connectivity index (χ3v) is 6.77. The number of aromatic nitrogens is 2. The second kappa shape index (κ2) is 9.82. The highest BCUT2D eigenvalue weighted by Crippen LogP contribution is 2.37. The van der Waals surface area contributed by atoms with Crippen molar-refractivity contribution < 1.29 is 14.3 Å². The molecule has 0 fully saturated rings. The normalized spacial score (nSPS) is 13.4. The van der Waals surface area contributed by atoms with Gasteiger partial charge in [0.25, 0.3) is 5.91 Å². The van der Waals surface area contributed by atoms with Crippen molar-refractivity contribution in [3.8, 4) is 11.4 Å². The Morgan fingerprint density at radius 2 is 1.50 bits per heavy atom. The Balaban J connectivity index is 1.40. The number of nitrogens with zero attached hydrogens (tertiary/aromatic N) is 2. The monoisotopic (exact) mass is 479 g/mol. The predicted molar refractivity (Wildman–Crippen MR) is 140 cm³/mol. The van der Waals surface area contributed by atoms with Crippen LogP contribution in [0.4, 0.5) is 11.4 Å². The van der Waals surface area contributed by atoms with Crippen molar-refractivity contribution in [2.24, 2.45) is 0 Å². The number of ether oxygens (including phenoxy) is 1. The Hall–Kier alpha value is -4.19. The molecule has 2 heterocycles. The number of carbonyl (C=O) groups is 2. The molecule has 0 saturated heterocycles. The number of amides is 1.